The van der Waals surface area contributed by atoms with Crippen LogP contribution in [0, 0.1) is 17.3 Å². The monoisotopic (exact) mass is 266 g/mol. The molecule has 3 heteroatoms. The molecule has 1 unspecified atom stereocenters. The standard InChI is InChI=1S/C16H30N2O/c1-12-7-9-16(11-17,10-8-12)15(19)18-13(2)14-5-3-4-6-14/h12-14H,3-11,17H2,1-2H3,(H,18,19). The van der Waals surface area contributed by atoms with Gasteiger partial charge in [0.25, 0.3) is 0 Å². The van der Waals surface area contributed by atoms with Crippen molar-refractivity contribution in [3.05, 3.63) is 0 Å². The van der Waals surface area contributed by atoms with Crippen LogP contribution in [0.3, 0.4) is 0 Å². The minimum absolute atomic E-state index is 0.223. The average Bonchev–Trinajstić information content (AvgIpc) is 2.94. The van der Waals surface area contributed by atoms with E-state index in [4.69, 9.17) is 5.73 Å². The summed E-state index contributed by atoms with van der Waals surface area (Å²) in [5.41, 5.74) is 5.67. The molecule has 0 saturated heterocycles. The Balaban J connectivity index is 1.92. The molecule has 19 heavy (non-hydrogen) atoms. The summed E-state index contributed by atoms with van der Waals surface area (Å²) in [4.78, 5) is 12.6. The second-order valence-corrected chi connectivity index (χ2v) is 6.97. The Morgan fingerprint density at radius 2 is 1.84 bits per heavy atom. The predicted molar refractivity (Wildman–Crippen MR) is 78.7 cm³/mol. The fraction of sp³-hybridized carbons (Fsp3) is 0.938. The maximum absolute atomic E-state index is 12.6. The third-order valence-corrected chi connectivity index (χ3v) is 5.57. The van der Waals surface area contributed by atoms with E-state index in [0.29, 0.717) is 18.5 Å². The number of hydrogen-bond donors (Lipinski definition) is 2. The Morgan fingerprint density at radius 1 is 1.26 bits per heavy atom. The number of hydrogen-bond acceptors (Lipinski definition) is 2. The zero-order chi connectivity index (χ0) is 13.9. The number of nitrogens with two attached hydrogens (primary N) is 1. The van der Waals surface area contributed by atoms with Crippen LogP contribution >= 0.6 is 0 Å². The van der Waals surface area contributed by atoms with Crippen molar-refractivity contribution in [2.45, 2.75) is 71.3 Å². The van der Waals surface area contributed by atoms with E-state index in [-0.39, 0.29) is 11.3 Å². The highest BCUT2D eigenvalue weighted by molar-refractivity contribution is 5.83. The van der Waals surface area contributed by atoms with E-state index in [1.54, 1.807) is 0 Å². The van der Waals surface area contributed by atoms with E-state index >= 15 is 0 Å². The Morgan fingerprint density at radius 3 is 2.37 bits per heavy atom. The van der Waals surface area contributed by atoms with E-state index in [0.717, 1.165) is 31.6 Å². The van der Waals surface area contributed by atoms with Crippen LogP contribution in [0.4, 0.5) is 0 Å². The quantitative estimate of drug-likeness (QED) is 0.822. The maximum Gasteiger partial charge on any atom is 0.227 e. The Bertz CT molecular complexity index is 302. The van der Waals surface area contributed by atoms with Gasteiger partial charge in [0.2, 0.25) is 5.91 Å². The van der Waals surface area contributed by atoms with Gasteiger partial charge >= 0.3 is 0 Å². The van der Waals surface area contributed by atoms with Crippen molar-refractivity contribution < 1.29 is 4.79 Å². The SMILES string of the molecule is CC1CCC(CN)(C(=O)NC(C)C2CCCC2)CC1. The zero-order valence-corrected chi connectivity index (χ0v) is 12.6. The molecule has 3 N–H and O–H groups in total. The van der Waals surface area contributed by atoms with Crippen molar-refractivity contribution in [1.82, 2.24) is 5.32 Å². The van der Waals surface area contributed by atoms with Gasteiger partial charge in [0, 0.05) is 12.6 Å². The van der Waals surface area contributed by atoms with Gasteiger partial charge < -0.3 is 11.1 Å². The summed E-state index contributed by atoms with van der Waals surface area (Å²) in [5.74, 6) is 1.65. The number of amides is 1. The lowest BCUT2D eigenvalue weighted by Gasteiger charge is -2.38. The third-order valence-electron chi connectivity index (χ3n) is 5.57. The molecule has 0 aromatic heterocycles. The smallest absolute Gasteiger partial charge is 0.227 e. The lowest BCUT2D eigenvalue weighted by molar-refractivity contribution is -0.133. The summed E-state index contributed by atoms with van der Waals surface area (Å²) in [6.07, 6.45) is 9.41. The van der Waals surface area contributed by atoms with Crippen LogP contribution in [0.1, 0.15) is 65.2 Å². The van der Waals surface area contributed by atoms with Crippen LogP contribution in [0.5, 0.6) is 0 Å². The van der Waals surface area contributed by atoms with Crippen molar-refractivity contribution in [3.63, 3.8) is 0 Å². The molecule has 0 aromatic carbocycles. The molecule has 2 fully saturated rings. The maximum atomic E-state index is 12.6. The average molecular weight is 266 g/mol. The molecule has 0 aromatic rings. The van der Waals surface area contributed by atoms with Crippen molar-refractivity contribution in [2.24, 2.45) is 23.0 Å². The normalized spacial score (nSPS) is 34.2. The summed E-state index contributed by atoms with van der Waals surface area (Å²) in [6.45, 7) is 4.95. The second-order valence-electron chi connectivity index (χ2n) is 6.97. The molecule has 0 aliphatic heterocycles. The molecule has 0 spiro atoms. The van der Waals surface area contributed by atoms with Crippen LogP contribution < -0.4 is 11.1 Å². The van der Waals surface area contributed by atoms with Crippen molar-refractivity contribution >= 4 is 5.91 Å². The van der Waals surface area contributed by atoms with Crippen LogP contribution in [0.2, 0.25) is 0 Å². The highest BCUT2D eigenvalue weighted by Gasteiger charge is 2.40. The lowest BCUT2D eigenvalue weighted by Crippen LogP contribution is -2.51. The van der Waals surface area contributed by atoms with Gasteiger partial charge in [0.15, 0.2) is 0 Å². The first-order valence-corrected chi connectivity index (χ1v) is 8.08. The molecule has 110 valence electrons. The molecule has 2 aliphatic rings. The first-order valence-electron chi connectivity index (χ1n) is 8.08. The van der Waals surface area contributed by atoms with Gasteiger partial charge in [0.05, 0.1) is 5.41 Å². The molecule has 0 heterocycles. The molecule has 2 aliphatic carbocycles. The first-order chi connectivity index (χ1) is 9.07. The van der Waals surface area contributed by atoms with Gasteiger partial charge in [-0.15, -0.1) is 0 Å². The van der Waals surface area contributed by atoms with Crippen LogP contribution in [-0.2, 0) is 4.79 Å². The highest BCUT2D eigenvalue weighted by atomic mass is 16.2. The molecule has 1 atom stereocenters. The Hall–Kier alpha value is -0.570. The Kier molecular flexibility index (Phi) is 4.88. The number of nitrogens with one attached hydrogen (secondary N) is 1. The fourth-order valence-corrected chi connectivity index (χ4v) is 3.77. The van der Waals surface area contributed by atoms with Gasteiger partial charge in [-0.3, -0.25) is 4.79 Å². The molecular weight excluding hydrogens is 236 g/mol. The Labute approximate surface area is 117 Å². The van der Waals surface area contributed by atoms with Gasteiger partial charge in [-0.05, 0) is 57.3 Å². The van der Waals surface area contributed by atoms with Crippen molar-refractivity contribution in [1.29, 1.82) is 0 Å². The van der Waals surface area contributed by atoms with E-state index in [1.165, 1.54) is 25.7 Å². The molecule has 2 saturated carbocycles. The first kappa shape index (κ1) is 14.8. The summed E-state index contributed by atoms with van der Waals surface area (Å²) in [6, 6.07) is 0.317. The van der Waals surface area contributed by atoms with Crippen molar-refractivity contribution in [3.8, 4) is 0 Å². The highest BCUT2D eigenvalue weighted by Crippen LogP contribution is 2.38. The summed E-state index contributed by atoms with van der Waals surface area (Å²) in [5, 5.41) is 3.28. The minimum Gasteiger partial charge on any atom is -0.353 e. The molecule has 0 bridgehead atoms. The van der Waals surface area contributed by atoms with E-state index in [9.17, 15) is 4.79 Å². The van der Waals surface area contributed by atoms with Gasteiger partial charge in [-0.1, -0.05) is 19.8 Å². The van der Waals surface area contributed by atoms with E-state index in [1.807, 2.05) is 0 Å². The largest absolute Gasteiger partial charge is 0.353 e. The molecule has 1 amide bonds. The van der Waals surface area contributed by atoms with Crippen molar-refractivity contribution in [2.75, 3.05) is 6.54 Å². The number of rotatable bonds is 4. The van der Waals surface area contributed by atoms with E-state index in [2.05, 4.69) is 19.2 Å². The number of carbonyl (C=O) groups is 1. The number of carbonyl (C=O) groups excluding carboxylic acids is 1. The summed E-state index contributed by atoms with van der Waals surface area (Å²) >= 11 is 0. The lowest BCUT2D eigenvalue weighted by atomic mass is 9.70. The van der Waals surface area contributed by atoms with Gasteiger partial charge in [0.1, 0.15) is 0 Å². The van der Waals surface area contributed by atoms with Crippen LogP contribution in [0.15, 0.2) is 0 Å². The minimum atomic E-state index is -0.278. The summed E-state index contributed by atoms with van der Waals surface area (Å²) in [7, 11) is 0. The van der Waals surface area contributed by atoms with E-state index < -0.39 is 0 Å². The molecular formula is C16H30N2O. The van der Waals surface area contributed by atoms with Crippen LogP contribution in [0.25, 0.3) is 0 Å². The molecule has 3 nitrogen and oxygen atoms in total. The van der Waals surface area contributed by atoms with Gasteiger partial charge in [-0.25, -0.2) is 0 Å². The summed E-state index contributed by atoms with van der Waals surface area (Å²) < 4.78 is 0. The zero-order valence-electron chi connectivity index (χ0n) is 12.6. The topological polar surface area (TPSA) is 55.1 Å². The third kappa shape index (κ3) is 3.31. The molecule has 0 radical (unpaired) electrons. The molecule has 2 rings (SSSR count). The van der Waals surface area contributed by atoms with Crippen LogP contribution in [-0.4, -0.2) is 18.5 Å². The van der Waals surface area contributed by atoms with Gasteiger partial charge in [-0.2, -0.15) is 0 Å². The fourth-order valence-electron chi connectivity index (χ4n) is 3.77. The predicted octanol–water partition coefficient (Wildman–Crippen LogP) is 2.84. The second kappa shape index (κ2) is 6.25.